The third kappa shape index (κ3) is 55.2. The van der Waals surface area contributed by atoms with Crippen molar-refractivity contribution in [2.24, 2.45) is 0 Å². The second-order valence-electron chi connectivity index (χ2n) is 12.7. The minimum absolute atomic E-state index is 0. The van der Waals surface area contributed by atoms with Crippen LogP contribution in [0.3, 0.4) is 0 Å². The number of esters is 3. The SMILES string of the molecule is C.CCOC(=O)c1ccc(/C(=C/Cl)OP(=O)(Cl)Cl)cc1.CCOC(=O)c1ccc(/C(=C/Cl)OP(=O)([O-])[O-])cc1.CCOC(=O)c1ccc(C(=O)CCl)cc1.O=C([O-])c1ccc(/C(=C/Cl)OP(=O)([O-])[O-])cc1.O=P(Cl)(Cl)Cl.[Na+].[Na+].[Na+].[Na+].[Na+].[Na+].[Na+].[OH-].[OH-]. The van der Waals surface area contributed by atoms with E-state index in [1.54, 1.807) is 57.2 Å². The molecule has 4 aromatic rings. The molecule has 0 unspecified atom stereocenters. The van der Waals surface area contributed by atoms with Crippen LogP contribution >= 0.6 is 130 Å². The number of ketones is 1. The largest absolute Gasteiger partial charge is 1.00 e. The van der Waals surface area contributed by atoms with E-state index in [1.165, 1.54) is 48.5 Å². The summed E-state index contributed by atoms with van der Waals surface area (Å²) in [6, 6.07) is 22.7. The number of alkyl halides is 1. The number of hydrogen-bond acceptors (Lipinski definition) is 22. The summed E-state index contributed by atoms with van der Waals surface area (Å²) in [5.41, 5.74) is 4.99. The molecule has 2 N–H and O–H groups in total. The number of hydrogen-bond donors (Lipinski definition) is 0. The molecule has 0 saturated carbocycles. The molecule has 22 nitrogen and oxygen atoms in total. The number of benzene rings is 4. The van der Waals surface area contributed by atoms with E-state index in [0.29, 0.717) is 28.9 Å². The maximum absolute atomic E-state index is 11.4. The zero-order valence-corrected chi connectivity index (χ0v) is 70.4. The third-order valence-corrected chi connectivity index (χ3v) is 10.0. The van der Waals surface area contributed by atoms with Crippen LogP contribution in [-0.4, -0.2) is 66.3 Å². The number of aromatic carboxylic acids is 1. The fourth-order valence-corrected chi connectivity index (χ4v) is 7.07. The molecular formula is C43H42Cl9Na7O22P4. The maximum Gasteiger partial charge on any atom is 1.00 e. The van der Waals surface area contributed by atoms with Crippen molar-refractivity contribution in [2.75, 3.05) is 25.7 Å². The number of phosphoric acid groups is 2. The van der Waals surface area contributed by atoms with Crippen LogP contribution in [0.2, 0.25) is 0 Å². The van der Waals surface area contributed by atoms with Gasteiger partial charge < -0.3 is 77.3 Å². The van der Waals surface area contributed by atoms with Crippen LogP contribution in [0.1, 0.15) is 96.7 Å². The Bertz CT molecular complexity index is 2730. The Balaban J connectivity index is -0.0000000896. The summed E-state index contributed by atoms with van der Waals surface area (Å²) in [5, 5.41) is 7.23. The van der Waals surface area contributed by atoms with Crippen LogP contribution in [0.15, 0.2) is 114 Å². The Hall–Kier alpha value is 3.34. The second kappa shape index (κ2) is 59.8. The quantitative estimate of drug-likeness (QED) is 0.0170. The van der Waals surface area contributed by atoms with E-state index in [9.17, 15) is 66.9 Å². The number of ether oxygens (including phenoxy) is 3. The fraction of sp³-hybridized carbons (Fsp3) is 0.186. The van der Waals surface area contributed by atoms with E-state index in [4.69, 9.17) is 87.6 Å². The molecule has 4 aromatic carbocycles. The van der Waals surface area contributed by atoms with Gasteiger partial charge in [-0.25, -0.2) is 18.9 Å². The van der Waals surface area contributed by atoms with Crippen molar-refractivity contribution in [3.63, 3.8) is 0 Å². The molecular weight excluding hydrogens is 1470 g/mol. The molecule has 0 atom stereocenters. The van der Waals surface area contributed by atoms with Gasteiger partial charge in [-0.3, -0.25) is 9.36 Å². The van der Waals surface area contributed by atoms with Crippen LogP contribution in [0.25, 0.3) is 17.3 Å². The third-order valence-electron chi connectivity index (χ3n) is 7.53. The molecule has 42 heteroatoms. The summed E-state index contributed by atoms with van der Waals surface area (Å²) in [6.45, 7) is 6.00. The van der Waals surface area contributed by atoms with Gasteiger partial charge >= 0.3 is 236 Å². The van der Waals surface area contributed by atoms with Crippen molar-refractivity contribution in [1.29, 1.82) is 0 Å². The van der Waals surface area contributed by atoms with E-state index in [0.717, 1.165) is 28.7 Å². The average Bonchev–Trinajstić information content (AvgIpc) is 3.33. The Morgan fingerprint density at radius 2 is 0.624 bits per heavy atom. The van der Waals surface area contributed by atoms with Gasteiger partial charge in [0, 0.05) is 61.3 Å². The first-order valence-electron chi connectivity index (χ1n) is 19.7. The summed E-state index contributed by atoms with van der Waals surface area (Å²) in [7, 11) is -10.4. The molecule has 0 aliphatic heterocycles. The standard InChI is InChI=1S/C11H10Cl3O4P.C11H12ClO6P.C11H11ClO3.C9H8ClO6P.CH4.Cl3OP.7Na.2H2O/c1-2-17-11(15)9-5-3-8(4-6-9)10(7-12)18-19(13,14)16;1-2-17-11(13)9-5-3-8(4-6-9)10(7-12)18-19(14,15)16;1-2-15-11(14)9-5-3-8(4-6-9)10(13)7-12;10-5-8(16-17(13,14)15)6-1-3-7(4-2-6)9(11)12;;1-5(2,3)4;;;;;;;;;/h3-7H,2H2,1H3;3-7H,2H2,1H3,(H2,14,15,16);3-6H,2,7H2,1H3;1-5H,(H,11,12)(H2,13,14,15);1H4;;;;;;;;;2*1H2/q;;;;;;7*+1;;/p-7/b2*10-7-;;8-5-;;;;;;;;;;;. The second-order valence-corrected chi connectivity index (χ2v) is 26.6. The average molecular weight is 1510 g/mol. The molecule has 0 saturated heterocycles. The Morgan fingerprint density at radius 3 is 0.800 bits per heavy atom. The van der Waals surface area contributed by atoms with E-state index < -0.39 is 44.8 Å². The van der Waals surface area contributed by atoms with Gasteiger partial charge in [-0.15, -0.1) is 11.6 Å². The molecule has 85 heavy (non-hydrogen) atoms. The predicted octanol–water partition coefficient (Wildman–Crippen LogP) is -9.91. The van der Waals surface area contributed by atoms with Crippen LogP contribution in [0, 0.1) is 0 Å². The fourth-order valence-electron chi connectivity index (χ4n) is 4.59. The molecule has 0 aliphatic carbocycles. The van der Waals surface area contributed by atoms with Gasteiger partial charge in [-0.2, -0.15) is 0 Å². The minimum Gasteiger partial charge on any atom is -0.870 e. The number of carboxylic acids is 1. The van der Waals surface area contributed by atoms with Crippen molar-refractivity contribution >= 4 is 176 Å². The Kier molecular flexibility index (Phi) is 79.3. The summed E-state index contributed by atoms with van der Waals surface area (Å²) in [4.78, 5) is 97.5. The summed E-state index contributed by atoms with van der Waals surface area (Å²) >= 11 is 46.1. The molecule has 0 amide bonds. The molecule has 0 radical (unpaired) electrons. The van der Waals surface area contributed by atoms with Gasteiger partial charge in [0.05, 0.1) is 48.4 Å². The smallest absolute Gasteiger partial charge is 0.870 e. The zero-order chi connectivity index (χ0) is 57.7. The van der Waals surface area contributed by atoms with Gasteiger partial charge in [0.25, 0.3) is 0 Å². The Labute approximate surface area is 689 Å². The van der Waals surface area contributed by atoms with E-state index >= 15 is 0 Å². The normalized spacial score (nSPS) is 10.3. The molecule has 4 rings (SSSR count). The van der Waals surface area contributed by atoms with Crippen LogP contribution in [-0.2, 0) is 46.0 Å². The van der Waals surface area contributed by atoms with Gasteiger partial charge in [0.2, 0.25) is 0 Å². The van der Waals surface area contributed by atoms with E-state index in [-0.39, 0.29) is 296 Å². The molecule has 0 fully saturated rings. The predicted molar refractivity (Wildman–Crippen MR) is 288 cm³/mol. The molecule has 0 aromatic heterocycles. The van der Waals surface area contributed by atoms with Crippen molar-refractivity contribution in [3.05, 3.63) is 158 Å². The summed E-state index contributed by atoms with van der Waals surface area (Å²) in [5.74, 6) is -3.59. The van der Waals surface area contributed by atoms with Crippen molar-refractivity contribution in [1.82, 2.24) is 0 Å². The van der Waals surface area contributed by atoms with Crippen molar-refractivity contribution in [3.8, 4) is 0 Å². The first-order chi connectivity index (χ1) is 34.8. The molecule has 436 valence electrons. The summed E-state index contributed by atoms with van der Waals surface area (Å²) < 4.78 is 69.1. The van der Waals surface area contributed by atoms with E-state index in [1.807, 2.05) is 0 Å². The number of rotatable bonds is 18. The van der Waals surface area contributed by atoms with Gasteiger partial charge in [-0.05, 0) is 96.5 Å². The number of halogens is 9. The number of carboxylic acid groups (broad SMARTS) is 1. The van der Waals surface area contributed by atoms with Crippen molar-refractivity contribution < 1.29 is 313 Å². The van der Waals surface area contributed by atoms with Crippen LogP contribution in [0.5, 0.6) is 0 Å². The summed E-state index contributed by atoms with van der Waals surface area (Å²) in [6.07, 6.45) is -3.75. The van der Waals surface area contributed by atoms with Gasteiger partial charge in [0.1, 0.15) is 32.9 Å². The molecule has 0 heterocycles. The van der Waals surface area contributed by atoms with Crippen LogP contribution < -0.4 is 232 Å². The minimum atomic E-state index is -5.22. The number of carbonyl (C=O) groups is 5. The first-order valence-corrected chi connectivity index (χ1v) is 32.3. The van der Waals surface area contributed by atoms with Crippen molar-refractivity contribution in [2.45, 2.75) is 28.2 Å². The molecule has 0 bridgehead atoms. The van der Waals surface area contributed by atoms with Gasteiger partial charge in [-0.1, -0.05) is 103 Å². The molecule has 0 spiro atoms. The number of Topliss-reactive ketones (excluding diaryl/α,β-unsaturated/α-hetero) is 1. The first kappa shape index (κ1) is 113. The maximum atomic E-state index is 11.4. The zero-order valence-electron chi connectivity index (χ0n) is 46.0. The molecule has 0 aliphatic rings. The topological polar surface area (TPSA) is 384 Å². The Morgan fingerprint density at radius 1 is 0.424 bits per heavy atom. The monoisotopic (exact) mass is 1510 g/mol. The number of carbonyl (C=O) groups excluding carboxylic acids is 5. The van der Waals surface area contributed by atoms with Crippen LogP contribution in [0.4, 0.5) is 0 Å². The van der Waals surface area contributed by atoms with E-state index in [2.05, 4.69) is 42.8 Å². The van der Waals surface area contributed by atoms with Gasteiger partial charge in [0.15, 0.2) is 5.78 Å². The number of phosphoric ester groups is 2.